The first-order chi connectivity index (χ1) is 11.6. The monoisotopic (exact) mass is 339 g/mol. The number of benzene rings is 2. The van der Waals surface area contributed by atoms with Gasteiger partial charge in [-0.2, -0.15) is 0 Å². The molecular weight excluding hydrogens is 322 g/mol. The van der Waals surface area contributed by atoms with E-state index in [2.05, 4.69) is 20.9 Å². The van der Waals surface area contributed by atoms with Gasteiger partial charge in [0.2, 0.25) is 5.91 Å². The largest absolute Gasteiger partial charge is 0.328 e. The molecule has 1 amide bonds. The third kappa shape index (κ3) is 2.67. The van der Waals surface area contributed by atoms with Gasteiger partial charge in [-0.25, -0.2) is 4.98 Å². The molecule has 2 aromatic carbocycles. The van der Waals surface area contributed by atoms with Crippen LogP contribution in [-0.4, -0.2) is 15.5 Å². The zero-order valence-corrected chi connectivity index (χ0v) is 14.2. The summed E-state index contributed by atoms with van der Waals surface area (Å²) in [6, 6.07) is 13.7. The van der Waals surface area contributed by atoms with Crippen LogP contribution in [0.25, 0.3) is 11.0 Å². The van der Waals surface area contributed by atoms with Gasteiger partial charge in [-0.05, 0) is 43.2 Å². The number of para-hydroxylation sites is 2. The highest BCUT2D eigenvalue weighted by Gasteiger charge is 2.27. The molecular formula is C19H18ClN3O. The zero-order chi connectivity index (χ0) is 16.7. The number of amides is 1. The number of carbonyl (C=O) groups excluding carboxylic acids is 1. The van der Waals surface area contributed by atoms with Gasteiger partial charge in [-0.1, -0.05) is 29.8 Å². The summed E-state index contributed by atoms with van der Waals surface area (Å²) in [5.41, 5.74) is 3.94. The first-order valence-corrected chi connectivity index (χ1v) is 8.51. The zero-order valence-electron chi connectivity index (χ0n) is 13.4. The lowest BCUT2D eigenvalue weighted by atomic mass is 9.96. The summed E-state index contributed by atoms with van der Waals surface area (Å²) in [5.74, 6) is 0.969. The van der Waals surface area contributed by atoms with Gasteiger partial charge in [0.1, 0.15) is 5.82 Å². The van der Waals surface area contributed by atoms with Crippen LogP contribution in [-0.2, 0) is 17.8 Å². The minimum absolute atomic E-state index is 0.0404. The molecule has 1 unspecified atom stereocenters. The molecule has 1 aromatic heterocycles. The second-order valence-electron chi connectivity index (χ2n) is 6.31. The average Bonchev–Trinajstić information content (AvgIpc) is 2.95. The molecule has 0 bridgehead atoms. The summed E-state index contributed by atoms with van der Waals surface area (Å²) in [4.78, 5) is 17.4. The molecule has 0 saturated heterocycles. The molecule has 24 heavy (non-hydrogen) atoms. The van der Waals surface area contributed by atoms with Gasteiger partial charge >= 0.3 is 0 Å². The van der Waals surface area contributed by atoms with E-state index in [1.165, 1.54) is 0 Å². The van der Waals surface area contributed by atoms with Gasteiger partial charge in [0, 0.05) is 29.6 Å². The number of imidazole rings is 1. The van der Waals surface area contributed by atoms with Gasteiger partial charge in [-0.3, -0.25) is 4.79 Å². The van der Waals surface area contributed by atoms with E-state index in [9.17, 15) is 4.79 Å². The molecule has 0 saturated carbocycles. The third-order valence-electron chi connectivity index (χ3n) is 4.69. The molecule has 1 atom stereocenters. The second kappa shape index (κ2) is 5.95. The maximum Gasteiger partial charge on any atom is 0.228 e. The standard InChI is InChI=1S/C19H18ClN3O/c1-12-6-7-14(20)11-16(12)22-19(24)13-8-9-23-17-5-3-2-4-15(17)21-18(23)10-13/h2-7,11,13H,8-10H2,1H3,(H,22,24). The lowest BCUT2D eigenvalue weighted by Gasteiger charge is -2.23. The van der Waals surface area contributed by atoms with Crippen LogP contribution >= 0.6 is 11.6 Å². The van der Waals surface area contributed by atoms with Crippen molar-refractivity contribution < 1.29 is 4.79 Å². The average molecular weight is 340 g/mol. The topological polar surface area (TPSA) is 46.9 Å². The fourth-order valence-electron chi connectivity index (χ4n) is 3.33. The Hall–Kier alpha value is -2.33. The second-order valence-corrected chi connectivity index (χ2v) is 6.74. The predicted molar refractivity (Wildman–Crippen MR) is 96.4 cm³/mol. The minimum Gasteiger partial charge on any atom is -0.328 e. The smallest absolute Gasteiger partial charge is 0.228 e. The highest BCUT2D eigenvalue weighted by Crippen LogP contribution is 2.27. The molecule has 1 N–H and O–H groups in total. The number of rotatable bonds is 2. The van der Waals surface area contributed by atoms with Crippen LogP contribution < -0.4 is 5.32 Å². The normalized spacial score (nSPS) is 16.8. The molecule has 122 valence electrons. The van der Waals surface area contributed by atoms with E-state index in [0.29, 0.717) is 11.4 Å². The molecule has 2 heterocycles. The third-order valence-corrected chi connectivity index (χ3v) is 4.93. The van der Waals surface area contributed by atoms with Crippen molar-refractivity contribution >= 4 is 34.2 Å². The molecule has 0 aliphatic carbocycles. The minimum atomic E-state index is -0.0623. The van der Waals surface area contributed by atoms with Gasteiger partial charge in [-0.15, -0.1) is 0 Å². The maximum atomic E-state index is 12.7. The van der Waals surface area contributed by atoms with Crippen LogP contribution in [0.15, 0.2) is 42.5 Å². The van der Waals surface area contributed by atoms with Crippen molar-refractivity contribution in [2.45, 2.75) is 26.3 Å². The number of aromatic nitrogens is 2. The van der Waals surface area contributed by atoms with Crippen molar-refractivity contribution in [1.29, 1.82) is 0 Å². The van der Waals surface area contributed by atoms with Crippen molar-refractivity contribution in [3.05, 3.63) is 58.9 Å². The Morgan fingerprint density at radius 2 is 2.12 bits per heavy atom. The van der Waals surface area contributed by atoms with Crippen LogP contribution in [0.3, 0.4) is 0 Å². The van der Waals surface area contributed by atoms with E-state index in [0.717, 1.165) is 41.1 Å². The van der Waals surface area contributed by atoms with Crippen LogP contribution in [0.4, 0.5) is 5.69 Å². The maximum absolute atomic E-state index is 12.7. The Kier molecular flexibility index (Phi) is 3.77. The van der Waals surface area contributed by atoms with Gasteiger partial charge in [0.25, 0.3) is 0 Å². The summed E-state index contributed by atoms with van der Waals surface area (Å²) in [7, 11) is 0. The molecule has 1 aliphatic heterocycles. The van der Waals surface area contributed by atoms with Crippen LogP contribution in [0, 0.1) is 12.8 Å². The molecule has 0 radical (unpaired) electrons. The number of hydrogen-bond acceptors (Lipinski definition) is 2. The first-order valence-electron chi connectivity index (χ1n) is 8.13. The molecule has 1 aliphatic rings. The number of anilines is 1. The lowest BCUT2D eigenvalue weighted by Crippen LogP contribution is -2.30. The number of fused-ring (bicyclic) bond motifs is 3. The summed E-state index contributed by atoms with van der Waals surface area (Å²) >= 11 is 6.03. The van der Waals surface area contributed by atoms with Crippen molar-refractivity contribution in [3.8, 4) is 0 Å². The molecule has 0 fully saturated rings. The Labute approximate surface area is 145 Å². The number of nitrogens with zero attached hydrogens (tertiary/aromatic N) is 2. The summed E-state index contributed by atoms with van der Waals surface area (Å²) in [6.07, 6.45) is 1.49. The molecule has 5 heteroatoms. The molecule has 4 nitrogen and oxygen atoms in total. The number of carbonyl (C=O) groups is 1. The summed E-state index contributed by atoms with van der Waals surface area (Å²) in [5, 5.41) is 3.65. The Bertz CT molecular complexity index is 932. The Balaban J connectivity index is 1.56. The molecule has 3 aromatic rings. The summed E-state index contributed by atoms with van der Waals surface area (Å²) < 4.78 is 2.23. The number of halogens is 1. The van der Waals surface area contributed by atoms with Crippen molar-refractivity contribution in [2.24, 2.45) is 5.92 Å². The van der Waals surface area contributed by atoms with Crippen LogP contribution in [0.5, 0.6) is 0 Å². The predicted octanol–water partition coefficient (Wildman–Crippen LogP) is 4.20. The van der Waals surface area contributed by atoms with Crippen LogP contribution in [0.1, 0.15) is 17.8 Å². The number of nitrogens with one attached hydrogen (secondary N) is 1. The van der Waals surface area contributed by atoms with E-state index in [-0.39, 0.29) is 11.8 Å². The number of aryl methyl sites for hydroxylation is 2. The highest BCUT2D eigenvalue weighted by atomic mass is 35.5. The summed E-state index contributed by atoms with van der Waals surface area (Å²) in [6.45, 7) is 2.79. The highest BCUT2D eigenvalue weighted by molar-refractivity contribution is 6.31. The fraction of sp³-hybridized carbons (Fsp3) is 0.263. The van der Waals surface area contributed by atoms with E-state index in [4.69, 9.17) is 11.6 Å². The van der Waals surface area contributed by atoms with E-state index in [1.54, 1.807) is 6.07 Å². The Morgan fingerprint density at radius 3 is 3.00 bits per heavy atom. The lowest BCUT2D eigenvalue weighted by molar-refractivity contribution is -0.120. The molecule has 0 spiro atoms. The Morgan fingerprint density at radius 1 is 1.29 bits per heavy atom. The van der Waals surface area contributed by atoms with Gasteiger partial charge < -0.3 is 9.88 Å². The quantitative estimate of drug-likeness (QED) is 0.760. The van der Waals surface area contributed by atoms with Crippen molar-refractivity contribution in [2.75, 3.05) is 5.32 Å². The van der Waals surface area contributed by atoms with E-state index >= 15 is 0 Å². The van der Waals surface area contributed by atoms with Crippen LogP contribution in [0.2, 0.25) is 5.02 Å². The number of hydrogen-bond donors (Lipinski definition) is 1. The SMILES string of the molecule is Cc1ccc(Cl)cc1NC(=O)C1CCn2c(nc3ccccc32)C1. The molecule has 4 rings (SSSR count). The van der Waals surface area contributed by atoms with Crippen molar-refractivity contribution in [1.82, 2.24) is 9.55 Å². The van der Waals surface area contributed by atoms with Crippen molar-refractivity contribution in [3.63, 3.8) is 0 Å². The fourth-order valence-corrected chi connectivity index (χ4v) is 3.50. The van der Waals surface area contributed by atoms with Gasteiger partial charge in [0.15, 0.2) is 0 Å². The van der Waals surface area contributed by atoms with E-state index in [1.807, 2.05) is 37.3 Å². The van der Waals surface area contributed by atoms with E-state index < -0.39 is 0 Å². The van der Waals surface area contributed by atoms with Gasteiger partial charge in [0.05, 0.1) is 11.0 Å². The first kappa shape index (κ1) is 15.2.